The number of carbonyl (C=O) groups is 1. The van der Waals surface area contributed by atoms with Gasteiger partial charge in [-0.25, -0.2) is 4.79 Å². The molecule has 150 valence electrons. The van der Waals surface area contributed by atoms with E-state index in [1.54, 1.807) is 12.0 Å². The summed E-state index contributed by atoms with van der Waals surface area (Å²) < 4.78 is 16.3. The summed E-state index contributed by atoms with van der Waals surface area (Å²) in [6, 6.07) is 8.26. The van der Waals surface area contributed by atoms with Crippen LogP contribution in [0, 0.1) is 0 Å². The van der Waals surface area contributed by atoms with Gasteiger partial charge >= 0.3 is 6.09 Å². The first kappa shape index (κ1) is 20.0. The number of ether oxygens (including phenoxy) is 3. The van der Waals surface area contributed by atoms with Gasteiger partial charge in [0.2, 0.25) is 0 Å². The van der Waals surface area contributed by atoms with E-state index in [4.69, 9.17) is 19.9 Å². The van der Waals surface area contributed by atoms with Crippen molar-refractivity contribution in [1.29, 1.82) is 0 Å². The Hall–Kier alpha value is -1.79. The van der Waals surface area contributed by atoms with Crippen molar-refractivity contribution in [1.82, 2.24) is 4.90 Å². The molecule has 1 aromatic rings. The van der Waals surface area contributed by atoms with Crippen molar-refractivity contribution in [3.05, 3.63) is 29.8 Å². The highest BCUT2D eigenvalue weighted by Crippen LogP contribution is 2.35. The predicted octanol–water partition coefficient (Wildman–Crippen LogP) is 3.30. The maximum Gasteiger partial charge on any atom is 0.409 e. The second kappa shape index (κ2) is 9.42. The van der Waals surface area contributed by atoms with Gasteiger partial charge in [-0.05, 0) is 62.1 Å². The van der Waals surface area contributed by atoms with Crippen LogP contribution in [0.5, 0.6) is 5.75 Å². The maximum absolute atomic E-state index is 12.0. The molecule has 2 N–H and O–H groups in total. The lowest BCUT2D eigenvalue weighted by molar-refractivity contribution is -0.0229. The highest BCUT2D eigenvalue weighted by molar-refractivity contribution is 5.68. The zero-order chi connectivity index (χ0) is 19.2. The Morgan fingerprint density at radius 2 is 1.81 bits per heavy atom. The smallest absolute Gasteiger partial charge is 0.409 e. The van der Waals surface area contributed by atoms with Crippen LogP contribution in [-0.4, -0.2) is 56.6 Å². The molecule has 2 aliphatic rings. The lowest BCUT2D eigenvalue weighted by Gasteiger charge is -2.39. The molecule has 0 bridgehead atoms. The van der Waals surface area contributed by atoms with Gasteiger partial charge in [-0.1, -0.05) is 12.1 Å². The minimum atomic E-state index is -0.304. The third kappa shape index (κ3) is 4.93. The number of benzene rings is 1. The van der Waals surface area contributed by atoms with Gasteiger partial charge in [0.25, 0.3) is 0 Å². The molecule has 3 rings (SSSR count). The topological polar surface area (TPSA) is 74.0 Å². The number of carbonyl (C=O) groups excluding carboxylic acids is 1. The fourth-order valence-electron chi connectivity index (χ4n) is 4.32. The molecular formula is C21H32N2O4. The van der Waals surface area contributed by atoms with Gasteiger partial charge in [0, 0.05) is 12.6 Å². The highest BCUT2D eigenvalue weighted by Gasteiger charge is 2.34. The Kier molecular flexibility index (Phi) is 6.96. The number of nitrogens with zero attached hydrogens (tertiary/aromatic N) is 1. The maximum atomic E-state index is 12.0. The molecular weight excluding hydrogens is 344 g/mol. The summed E-state index contributed by atoms with van der Waals surface area (Å²) >= 11 is 0. The van der Waals surface area contributed by atoms with Crippen LogP contribution in [0.3, 0.4) is 0 Å². The molecule has 1 saturated carbocycles. The van der Waals surface area contributed by atoms with Crippen molar-refractivity contribution in [2.45, 2.75) is 62.6 Å². The molecule has 0 aromatic heterocycles. The molecule has 2 atom stereocenters. The van der Waals surface area contributed by atoms with E-state index in [0.717, 1.165) is 44.3 Å². The molecule has 0 spiro atoms. The number of methoxy groups -OCH3 is 2. The van der Waals surface area contributed by atoms with Gasteiger partial charge < -0.3 is 24.8 Å². The summed E-state index contributed by atoms with van der Waals surface area (Å²) in [6.07, 6.45) is 6.09. The average Bonchev–Trinajstić information content (AvgIpc) is 2.72. The number of amides is 1. The molecule has 27 heavy (non-hydrogen) atoms. The second-order valence-electron chi connectivity index (χ2n) is 7.62. The molecule has 1 heterocycles. The summed E-state index contributed by atoms with van der Waals surface area (Å²) in [6.45, 7) is 1.19. The van der Waals surface area contributed by atoms with Crippen LogP contribution in [0.25, 0.3) is 0 Å². The van der Waals surface area contributed by atoms with Crippen LogP contribution >= 0.6 is 0 Å². The number of hydrogen-bond donors (Lipinski definition) is 1. The summed E-state index contributed by atoms with van der Waals surface area (Å²) in [5, 5.41) is 0. The number of rotatable bonds is 5. The molecule has 1 aromatic carbocycles. The monoisotopic (exact) mass is 376 g/mol. The molecule has 1 aliphatic heterocycles. The third-order valence-corrected chi connectivity index (χ3v) is 6.00. The molecule has 1 saturated heterocycles. The van der Waals surface area contributed by atoms with Crippen LogP contribution in [0.15, 0.2) is 24.3 Å². The lowest BCUT2D eigenvalue weighted by Crippen LogP contribution is -2.56. The van der Waals surface area contributed by atoms with E-state index < -0.39 is 0 Å². The molecule has 0 radical (unpaired) electrons. The zero-order valence-corrected chi connectivity index (χ0v) is 16.4. The molecule has 1 amide bonds. The summed E-state index contributed by atoms with van der Waals surface area (Å²) in [5.74, 6) is 1.48. The number of piperidine rings is 1. The molecule has 6 nitrogen and oxygen atoms in total. The molecule has 6 heteroatoms. The van der Waals surface area contributed by atoms with Crippen molar-refractivity contribution in [2.75, 3.05) is 27.4 Å². The van der Waals surface area contributed by atoms with E-state index in [0.29, 0.717) is 19.1 Å². The average molecular weight is 376 g/mol. The van der Waals surface area contributed by atoms with Gasteiger partial charge in [0.1, 0.15) is 5.75 Å². The van der Waals surface area contributed by atoms with E-state index in [9.17, 15) is 4.79 Å². The number of nitrogens with two attached hydrogens (primary N) is 1. The molecule has 1 unspecified atom stereocenters. The van der Waals surface area contributed by atoms with Crippen LogP contribution < -0.4 is 10.5 Å². The zero-order valence-electron chi connectivity index (χ0n) is 16.4. The van der Waals surface area contributed by atoms with E-state index in [-0.39, 0.29) is 24.3 Å². The van der Waals surface area contributed by atoms with Crippen molar-refractivity contribution in [3.63, 3.8) is 0 Å². The highest BCUT2D eigenvalue weighted by atomic mass is 16.5. The number of likely N-dealkylation sites (tertiary alicyclic amines) is 1. The normalized spacial score (nSPS) is 28.6. The van der Waals surface area contributed by atoms with Crippen LogP contribution in [0.4, 0.5) is 4.79 Å². The second-order valence-corrected chi connectivity index (χ2v) is 7.62. The van der Waals surface area contributed by atoms with Gasteiger partial charge in [0.05, 0.1) is 33.0 Å². The van der Waals surface area contributed by atoms with Gasteiger partial charge in [0.15, 0.2) is 0 Å². The van der Waals surface area contributed by atoms with E-state index in [1.165, 1.54) is 12.7 Å². The first-order chi connectivity index (χ1) is 13.1. The van der Waals surface area contributed by atoms with Crippen LogP contribution in [0.1, 0.15) is 50.0 Å². The fourth-order valence-corrected chi connectivity index (χ4v) is 4.32. The number of hydrogen-bond acceptors (Lipinski definition) is 5. The quantitative estimate of drug-likeness (QED) is 0.853. The van der Waals surface area contributed by atoms with Gasteiger partial charge in [-0.3, -0.25) is 0 Å². The third-order valence-electron chi connectivity index (χ3n) is 6.00. The molecule has 1 aliphatic carbocycles. The first-order valence-electron chi connectivity index (χ1n) is 9.98. The minimum absolute atomic E-state index is 0.0477. The largest absolute Gasteiger partial charge is 0.497 e. The lowest BCUT2D eigenvalue weighted by atomic mass is 9.82. The predicted molar refractivity (Wildman–Crippen MR) is 104 cm³/mol. The summed E-state index contributed by atoms with van der Waals surface area (Å²) in [4.78, 5) is 13.7. The van der Waals surface area contributed by atoms with Gasteiger partial charge in [-0.15, -0.1) is 0 Å². The minimum Gasteiger partial charge on any atom is -0.497 e. The molecule has 2 fully saturated rings. The Balaban J connectivity index is 1.48. The van der Waals surface area contributed by atoms with E-state index in [1.807, 2.05) is 12.1 Å². The standard InChI is InChI=1S/C21H32N2O4/c1-25-17-9-5-15(6-10-17)16-7-11-18(12-8-16)27-14-20-19(22)4-3-13-23(20)21(24)26-2/h5-6,9-10,16,18-20H,3-4,7-8,11-14,22H2,1-2H3/t16-,18+,19?,20-/m0/s1. The van der Waals surface area contributed by atoms with E-state index >= 15 is 0 Å². The van der Waals surface area contributed by atoms with Crippen LogP contribution in [-0.2, 0) is 9.47 Å². The van der Waals surface area contributed by atoms with Crippen molar-refractivity contribution in [3.8, 4) is 5.75 Å². The Labute approximate surface area is 161 Å². The fraction of sp³-hybridized carbons (Fsp3) is 0.667. The van der Waals surface area contributed by atoms with Crippen molar-refractivity contribution >= 4 is 6.09 Å². The van der Waals surface area contributed by atoms with Crippen LogP contribution in [0.2, 0.25) is 0 Å². The Morgan fingerprint density at radius 3 is 2.44 bits per heavy atom. The van der Waals surface area contributed by atoms with E-state index in [2.05, 4.69) is 12.1 Å². The van der Waals surface area contributed by atoms with Crippen molar-refractivity contribution < 1.29 is 19.0 Å². The first-order valence-corrected chi connectivity index (χ1v) is 9.98. The van der Waals surface area contributed by atoms with Crippen molar-refractivity contribution in [2.24, 2.45) is 5.73 Å². The summed E-state index contributed by atoms with van der Waals surface area (Å²) in [7, 11) is 3.11. The Morgan fingerprint density at radius 1 is 1.11 bits per heavy atom. The Bertz CT molecular complexity index is 599. The van der Waals surface area contributed by atoms with Gasteiger partial charge in [-0.2, -0.15) is 0 Å². The summed E-state index contributed by atoms with van der Waals surface area (Å²) in [5.41, 5.74) is 7.63. The SMILES string of the molecule is COC(=O)N1CCCC(N)[C@@H]1CO[C@H]1CC[C@@H](c2ccc(OC)cc2)CC1.